The predicted octanol–water partition coefficient (Wildman–Crippen LogP) is 0.477. The van der Waals surface area contributed by atoms with E-state index in [1.807, 2.05) is 12.1 Å². The fourth-order valence-electron chi connectivity index (χ4n) is 1.16. The highest BCUT2D eigenvalue weighted by Crippen LogP contribution is 2.24. The van der Waals surface area contributed by atoms with Gasteiger partial charge < -0.3 is 20.9 Å². The first-order valence-corrected chi connectivity index (χ1v) is 4.43. The SMILES string of the molecule is COc1ccc(CN=C(N)N)c(OC)c1. The number of nitrogens with two attached hydrogens (primary N) is 2. The van der Waals surface area contributed by atoms with Gasteiger partial charge in [0.25, 0.3) is 0 Å². The molecule has 0 atom stereocenters. The molecule has 0 aliphatic carbocycles. The fraction of sp³-hybridized carbons (Fsp3) is 0.300. The predicted molar refractivity (Wildman–Crippen MR) is 59.1 cm³/mol. The highest BCUT2D eigenvalue weighted by atomic mass is 16.5. The Kier molecular flexibility index (Phi) is 3.79. The molecule has 0 unspecified atom stereocenters. The van der Waals surface area contributed by atoms with E-state index in [9.17, 15) is 0 Å². The zero-order chi connectivity index (χ0) is 11.3. The van der Waals surface area contributed by atoms with Crippen molar-refractivity contribution in [2.45, 2.75) is 6.54 Å². The van der Waals surface area contributed by atoms with E-state index >= 15 is 0 Å². The van der Waals surface area contributed by atoms with Gasteiger partial charge in [-0.25, -0.2) is 4.99 Å². The summed E-state index contributed by atoms with van der Waals surface area (Å²) in [6.45, 7) is 0.398. The fourth-order valence-corrected chi connectivity index (χ4v) is 1.16. The molecule has 4 N–H and O–H groups in total. The minimum atomic E-state index is 0.0628. The number of aliphatic imine (C=N–C) groups is 1. The van der Waals surface area contributed by atoms with Crippen LogP contribution in [0.1, 0.15) is 5.56 Å². The van der Waals surface area contributed by atoms with Crippen molar-refractivity contribution in [2.24, 2.45) is 16.5 Å². The molecule has 0 radical (unpaired) electrons. The number of methoxy groups -OCH3 is 2. The van der Waals surface area contributed by atoms with Gasteiger partial charge in [0, 0.05) is 11.6 Å². The Bertz CT molecular complexity index is 360. The third kappa shape index (κ3) is 3.05. The molecule has 5 heteroatoms. The topological polar surface area (TPSA) is 82.9 Å². The molecule has 0 spiro atoms. The summed E-state index contributed by atoms with van der Waals surface area (Å²) in [6.07, 6.45) is 0. The summed E-state index contributed by atoms with van der Waals surface area (Å²) >= 11 is 0. The molecular weight excluding hydrogens is 194 g/mol. The Morgan fingerprint density at radius 2 is 2.00 bits per heavy atom. The van der Waals surface area contributed by atoms with Crippen LogP contribution >= 0.6 is 0 Å². The standard InChI is InChI=1S/C10H15N3O2/c1-14-8-4-3-7(6-13-10(11)12)9(5-8)15-2/h3-5H,6H2,1-2H3,(H4,11,12,13). The molecule has 0 amide bonds. The van der Waals surface area contributed by atoms with Crippen LogP contribution in [0.25, 0.3) is 0 Å². The summed E-state index contributed by atoms with van der Waals surface area (Å²) in [4.78, 5) is 3.91. The average molecular weight is 209 g/mol. The van der Waals surface area contributed by atoms with E-state index in [-0.39, 0.29) is 5.96 Å². The molecule has 1 rings (SSSR count). The van der Waals surface area contributed by atoms with Gasteiger partial charge in [0.05, 0.1) is 20.8 Å². The summed E-state index contributed by atoms with van der Waals surface area (Å²) in [5.74, 6) is 1.51. The van der Waals surface area contributed by atoms with Crippen LogP contribution in [0.4, 0.5) is 0 Å². The molecule has 0 fully saturated rings. The summed E-state index contributed by atoms with van der Waals surface area (Å²) in [7, 11) is 3.19. The van der Waals surface area contributed by atoms with Crippen molar-refractivity contribution < 1.29 is 9.47 Å². The number of benzene rings is 1. The summed E-state index contributed by atoms with van der Waals surface area (Å²) in [5.41, 5.74) is 11.4. The van der Waals surface area contributed by atoms with Gasteiger partial charge in [-0.05, 0) is 12.1 Å². The third-order valence-corrected chi connectivity index (χ3v) is 1.93. The zero-order valence-electron chi connectivity index (χ0n) is 8.86. The minimum absolute atomic E-state index is 0.0628. The number of hydrogen-bond acceptors (Lipinski definition) is 3. The maximum Gasteiger partial charge on any atom is 0.186 e. The van der Waals surface area contributed by atoms with E-state index in [0.717, 1.165) is 11.3 Å². The second kappa shape index (κ2) is 5.09. The van der Waals surface area contributed by atoms with E-state index in [1.54, 1.807) is 20.3 Å². The molecule has 0 aliphatic heterocycles. The van der Waals surface area contributed by atoms with Gasteiger partial charge in [-0.3, -0.25) is 0 Å². The van der Waals surface area contributed by atoms with E-state index in [4.69, 9.17) is 20.9 Å². The van der Waals surface area contributed by atoms with Gasteiger partial charge in [0.15, 0.2) is 5.96 Å². The van der Waals surface area contributed by atoms with Crippen LogP contribution in [0, 0.1) is 0 Å². The lowest BCUT2D eigenvalue weighted by molar-refractivity contribution is 0.391. The smallest absolute Gasteiger partial charge is 0.186 e. The molecule has 15 heavy (non-hydrogen) atoms. The van der Waals surface area contributed by atoms with Crippen molar-refractivity contribution in [3.8, 4) is 11.5 Å². The van der Waals surface area contributed by atoms with Crippen LogP contribution in [-0.2, 0) is 6.54 Å². The van der Waals surface area contributed by atoms with E-state index < -0.39 is 0 Å². The van der Waals surface area contributed by atoms with E-state index in [1.165, 1.54) is 0 Å². The van der Waals surface area contributed by atoms with Crippen molar-refractivity contribution in [1.29, 1.82) is 0 Å². The zero-order valence-corrected chi connectivity index (χ0v) is 8.86. The minimum Gasteiger partial charge on any atom is -0.497 e. The van der Waals surface area contributed by atoms with Crippen LogP contribution in [-0.4, -0.2) is 20.2 Å². The Morgan fingerprint density at radius 1 is 1.27 bits per heavy atom. The number of guanidine groups is 1. The highest BCUT2D eigenvalue weighted by Gasteiger charge is 2.03. The quantitative estimate of drug-likeness (QED) is 0.558. The Labute approximate surface area is 88.7 Å². The maximum atomic E-state index is 5.25. The lowest BCUT2D eigenvalue weighted by atomic mass is 10.2. The molecule has 5 nitrogen and oxygen atoms in total. The normalized spacial score (nSPS) is 9.47. The van der Waals surface area contributed by atoms with Gasteiger partial charge in [-0.2, -0.15) is 0 Å². The molecule has 0 heterocycles. The average Bonchev–Trinajstić information content (AvgIpc) is 2.25. The van der Waals surface area contributed by atoms with E-state index in [0.29, 0.717) is 12.3 Å². The molecule has 1 aromatic rings. The molecule has 0 saturated carbocycles. The third-order valence-electron chi connectivity index (χ3n) is 1.93. The number of hydrogen-bond donors (Lipinski definition) is 2. The molecule has 1 aromatic carbocycles. The second-order valence-electron chi connectivity index (χ2n) is 2.92. The largest absolute Gasteiger partial charge is 0.497 e. The highest BCUT2D eigenvalue weighted by molar-refractivity contribution is 5.75. The number of nitrogens with zero attached hydrogens (tertiary/aromatic N) is 1. The molecular formula is C10H15N3O2. The monoisotopic (exact) mass is 209 g/mol. The maximum absolute atomic E-state index is 5.25. The first-order valence-electron chi connectivity index (χ1n) is 4.43. The second-order valence-corrected chi connectivity index (χ2v) is 2.92. The van der Waals surface area contributed by atoms with Gasteiger partial charge in [-0.1, -0.05) is 0 Å². The van der Waals surface area contributed by atoms with Gasteiger partial charge in [0.1, 0.15) is 11.5 Å². The first-order chi connectivity index (χ1) is 7.17. The Hall–Kier alpha value is -1.91. The van der Waals surface area contributed by atoms with E-state index in [2.05, 4.69) is 4.99 Å². The van der Waals surface area contributed by atoms with Crippen LogP contribution in [0.5, 0.6) is 11.5 Å². The first kappa shape index (κ1) is 11.2. The molecule has 0 aromatic heterocycles. The Balaban J connectivity index is 2.92. The van der Waals surface area contributed by atoms with Crippen molar-refractivity contribution in [2.75, 3.05) is 14.2 Å². The summed E-state index contributed by atoms with van der Waals surface area (Å²) in [6, 6.07) is 5.49. The molecule has 0 saturated heterocycles. The van der Waals surface area contributed by atoms with Crippen LogP contribution < -0.4 is 20.9 Å². The van der Waals surface area contributed by atoms with Gasteiger partial charge >= 0.3 is 0 Å². The lowest BCUT2D eigenvalue weighted by Gasteiger charge is -2.08. The van der Waals surface area contributed by atoms with Crippen molar-refractivity contribution in [3.63, 3.8) is 0 Å². The lowest BCUT2D eigenvalue weighted by Crippen LogP contribution is -2.22. The molecule has 0 aliphatic rings. The van der Waals surface area contributed by atoms with Crippen LogP contribution in [0.2, 0.25) is 0 Å². The number of rotatable bonds is 4. The summed E-state index contributed by atoms with van der Waals surface area (Å²) in [5, 5.41) is 0. The summed E-state index contributed by atoms with van der Waals surface area (Å²) < 4.78 is 10.3. The molecule has 82 valence electrons. The van der Waals surface area contributed by atoms with Gasteiger partial charge in [0.2, 0.25) is 0 Å². The van der Waals surface area contributed by atoms with Crippen molar-refractivity contribution in [1.82, 2.24) is 0 Å². The van der Waals surface area contributed by atoms with Crippen molar-refractivity contribution >= 4 is 5.96 Å². The molecule has 0 bridgehead atoms. The number of ether oxygens (including phenoxy) is 2. The van der Waals surface area contributed by atoms with Crippen LogP contribution in [0.3, 0.4) is 0 Å². The Morgan fingerprint density at radius 3 is 2.53 bits per heavy atom. The van der Waals surface area contributed by atoms with Gasteiger partial charge in [-0.15, -0.1) is 0 Å². The van der Waals surface area contributed by atoms with Crippen molar-refractivity contribution in [3.05, 3.63) is 23.8 Å². The van der Waals surface area contributed by atoms with Crippen LogP contribution in [0.15, 0.2) is 23.2 Å².